The van der Waals surface area contributed by atoms with Gasteiger partial charge in [0, 0.05) is 30.4 Å². The Morgan fingerprint density at radius 1 is 1.07 bits per heavy atom. The number of para-hydroxylation sites is 1. The normalized spacial score (nSPS) is 16.7. The summed E-state index contributed by atoms with van der Waals surface area (Å²) in [6, 6.07) is 10.1. The first-order valence-electron chi connectivity index (χ1n) is 10.7. The van der Waals surface area contributed by atoms with Gasteiger partial charge in [0.25, 0.3) is 5.91 Å². The van der Waals surface area contributed by atoms with Crippen LogP contribution < -0.4 is 15.5 Å². The predicted octanol–water partition coefficient (Wildman–Crippen LogP) is 3.83. The molecule has 0 unspecified atom stereocenters. The number of amides is 2. The van der Waals surface area contributed by atoms with Gasteiger partial charge in [-0.2, -0.15) is 0 Å². The Morgan fingerprint density at radius 2 is 1.83 bits per heavy atom. The van der Waals surface area contributed by atoms with E-state index in [2.05, 4.69) is 10.6 Å². The van der Waals surface area contributed by atoms with E-state index in [9.17, 15) is 9.59 Å². The van der Waals surface area contributed by atoms with Gasteiger partial charge in [-0.05, 0) is 30.5 Å². The minimum absolute atomic E-state index is 0. The lowest BCUT2D eigenvalue weighted by Crippen LogP contribution is -2.37. The standard InChI is InChI=1S/C23H29N3O3.ClH/c27-21-15-17-7-5-6-10-20(17)26(21)16-18-11-14-29-22(18)23(28)25-13-12-24-19-8-3-1-2-4-9-19;/h5-7,10-11,14,19,24H,1-4,8-9,12-13,15-16H2,(H,25,28);1H. The molecule has 0 radical (unpaired) electrons. The van der Waals surface area contributed by atoms with Crippen LogP contribution in [0, 0.1) is 0 Å². The third kappa shape index (κ3) is 5.24. The van der Waals surface area contributed by atoms with Gasteiger partial charge < -0.3 is 20.0 Å². The lowest BCUT2D eigenvalue weighted by molar-refractivity contribution is -0.117. The van der Waals surface area contributed by atoms with Gasteiger partial charge in [0.05, 0.1) is 19.2 Å². The van der Waals surface area contributed by atoms with Gasteiger partial charge in [0.2, 0.25) is 5.91 Å². The summed E-state index contributed by atoms with van der Waals surface area (Å²) in [5, 5.41) is 6.49. The number of carbonyl (C=O) groups is 2. The summed E-state index contributed by atoms with van der Waals surface area (Å²) in [4.78, 5) is 26.7. The van der Waals surface area contributed by atoms with Crippen LogP contribution in [0.3, 0.4) is 0 Å². The van der Waals surface area contributed by atoms with Crippen molar-refractivity contribution in [3.63, 3.8) is 0 Å². The number of hydrogen-bond acceptors (Lipinski definition) is 4. The van der Waals surface area contributed by atoms with Crippen molar-refractivity contribution in [2.75, 3.05) is 18.0 Å². The molecular weight excluding hydrogens is 402 g/mol. The van der Waals surface area contributed by atoms with Gasteiger partial charge in [0.1, 0.15) is 0 Å². The molecule has 2 aliphatic rings. The first-order chi connectivity index (χ1) is 14.2. The summed E-state index contributed by atoms with van der Waals surface area (Å²) in [7, 11) is 0. The third-order valence-electron chi connectivity index (χ3n) is 5.91. The number of rotatable bonds is 7. The van der Waals surface area contributed by atoms with Crippen molar-refractivity contribution in [1.82, 2.24) is 10.6 Å². The lowest BCUT2D eigenvalue weighted by atomic mass is 10.1. The van der Waals surface area contributed by atoms with E-state index in [1.54, 1.807) is 11.0 Å². The molecule has 0 atom stereocenters. The zero-order valence-corrected chi connectivity index (χ0v) is 18.0. The molecule has 2 heterocycles. The van der Waals surface area contributed by atoms with Gasteiger partial charge in [0.15, 0.2) is 5.76 Å². The highest BCUT2D eigenvalue weighted by molar-refractivity contribution is 6.01. The number of carbonyl (C=O) groups excluding carboxylic acids is 2. The van der Waals surface area contributed by atoms with Gasteiger partial charge >= 0.3 is 0 Å². The topological polar surface area (TPSA) is 74.6 Å². The maximum Gasteiger partial charge on any atom is 0.287 e. The van der Waals surface area contributed by atoms with Crippen molar-refractivity contribution >= 4 is 29.9 Å². The van der Waals surface area contributed by atoms with Crippen molar-refractivity contribution in [2.24, 2.45) is 0 Å². The average molecular weight is 432 g/mol. The molecule has 1 fully saturated rings. The summed E-state index contributed by atoms with van der Waals surface area (Å²) < 4.78 is 5.45. The number of anilines is 1. The molecule has 1 aromatic carbocycles. The number of benzene rings is 1. The lowest BCUT2D eigenvalue weighted by Gasteiger charge is -2.18. The highest BCUT2D eigenvalue weighted by atomic mass is 35.5. The molecule has 2 aromatic rings. The number of nitrogens with zero attached hydrogens (tertiary/aromatic N) is 1. The maximum atomic E-state index is 12.6. The Morgan fingerprint density at radius 3 is 2.63 bits per heavy atom. The summed E-state index contributed by atoms with van der Waals surface area (Å²) in [6.45, 7) is 1.65. The van der Waals surface area contributed by atoms with Gasteiger partial charge in [-0.3, -0.25) is 9.59 Å². The Balaban J connectivity index is 0.00000256. The smallest absolute Gasteiger partial charge is 0.287 e. The Hall–Kier alpha value is -2.31. The second-order valence-electron chi connectivity index (χ2n) is 7.96. The molecule has 7 heteroatoms. The van der Waals surface area contributed by atoms with Crippen LogP contribution in [-0.4, -0.2) is 30.9 Å². The average Bonchev–Trinajstić information content (AvgIpc) is 3.21. The van der Waals surface area contributed by atoms with E-state index in [0.29, 0.717) is 25.6 Å². The Labute approximate surface area is 183 Å². The fourth-order valence-electron chi connectivity index (χ4n) is 4.34. The van der Waals surface area contributed by atoms with Crippen LogP contribution in [0.25, 0.3) is 0 Å². The second kappa shape index (κ2) is 10.6. The summed E-state index contributed by atoms with van der Waals surface area (Å²) >= 11 is 0. The monoisotopic (exact) mass is 431 g/mol. The molecule has 6 nitrogen and oxygen atoms in total. The van der Waals surface area contributed by atoms with Crippen molar-refractivity contribution < 1.29 is 14.0 Å². The quantitative estimate of drug-likeness (QED) is 0.516. The van der Waals surface area contributed by atoms with Gasteiger partial charge in [-0.25, -0.2) is 0 Å². The summed E-state index contributed by atoms with van der Waals surface area (Å²) in [5.41, 5.74) is 2.67. The van der Waals surface area contributed by atoms with Crippen LogP contribution in [0.4, 0.5) is 5.69 Å². The van der Waals surface area contributed by atoms with Crippen molar-refractivity contribution in [3.05, 3.63) is 53.5 Å². The van der Waals surface area contributed by atoms with Crippen LogP contribution in [-0.2, 0) is 17.8 Å². The highest BCUT2D eigenvalue weighted by Gasteiger charge is 2.28. The van der Waals surface area contributed by atoms with E-state index in [4.69, 9.17) is 4.42 Å². The van der Waals surface area contributed by atoms with E-state index in [-0.39, 0.29) is 30.0 Å². The van der Waals surface area contributed by atoms with Crippen LogP contribution in [0.5, 0.6) is 0 Å². The van der Waals surface area contributed by atoms with Gasteiger partial charge in [-0.1, -0.05) is 43.9 Å². The molecule has 30 heavy (non-hydrogen) atoms. The first-order valence-corrected chi connectivity index (χ1v) is 10.7. The highest BCUT2D eigenvalue weighted by Crippen LogP contribution is 2.30. The second-order valence-corrected chi connectivity index (χ2v) is 7.96. The summed E-state index contributed by atoms with van der Waals surface area (Å²) in [6.07, 6.45) is 9.61. The molecule has 4 rings (SSSR count). The van der Waals surface area contributed by atoms with E-state index >= 15 is 0 Å². The van der Waals surface area contributed by atoms with Crippen LogP contribution in [0.15, 0.2) is 41.0 Å². The fraction of sp³-hybridized carbons (Fsp3) is 0.478. The van der Waals surface area contributed by atoms with Crippen LogP contribution in [0.1, 0.15) is 60.2 Å². The molecule has 1 aliphatic carbocycles. The molecular formula is C23H30ClN3O3. The molecule has 162 valence electrons. The van der Waals surface area contributed by atoms with Gasteiger partial charge in [-0.15, -0.1) is 12.4 Å². The summed E-state index contributed by atoms with van der Waals surface area (Å²) in [5.74, 6) is 0.107. The van der Waals surface area contributed by atoms with Crippen LogP contribution >= 0.6 is 12.4 Å². The van der Waals surface area contributed by atoms with Crippen LogP contribution in [0.2, 0.25) is 0 Å². The number of furan rings is 1. The number of nitrogens with one attached hydrogen (secondary N) is 2. The number of fused-ring (bicyclic) bond motifs is 1. The molecule has 0 bridgehead atoms. The van der Waals surface area contributed by atoms with Crippen molar-refractivity contribution in [1.29, 1.82) is 0 Å². The van der Waals surface area contributed by atoms with Crippen molar-refractivity contribution in [3.8, 4) is 0 Å². The van der Waals surface area contributed by atoms with Crippen molar-refractivity contribution in [2.45, 2.75) is 57.5 Å². The van der Waals surface area contributed by atoms with E-state index < -0.39 is 0 Å². The minimum atomic E-state index is -0.229. The SMILES string of the molecule is Cl.O=C(NCCNC1CCCCCC1)c1occc1CN1C(=O)Cc2ccccc21. The largest absolute Gasteiger partial charge is 0.459 e. The number of hydrogen-bond donors (Lipinski definition) is 2. The Bertz CT molecular complexity index is 859. The predicted molar refractivity (Wildman–Crippen MR) is 119 cm³/mol. The number of halogens is 1. The van der Waals surface area contributed by atoms with E-state index in [1.165, 1.54) is 44.8 Å². The first kappa shape index (κ1) is 22.4. The maximum absolute atomic E-state index is 12.6. The molecule has 1 aromatic heterocycles. The molecule has 2 N–H and O–H groups in total. The molecule has 0 saturated heterocycles. The Kier molecular flexibility index (Phi) is 7.94. The van der Waals surface area contributed by atoms with E-state index in [0.717, 1.165) is 23.4 Å². The molecule has 0 spiro atoms. The third-order valence-corrected chi connectivity index (χ3v) is 5.91. The molecule has 2 amide bonds. The molecule has 1 aliphatic heterocycles. The molecule has 1 saturated carbocycles. The zero-order chi connectivity index (χ0) is 20.1. The van der Waals surface area contributed by atoms with E-state index in [1.807, 2.05) is 24.3 Å². The zero-order valence-electron chi connectivity index (χ0n) is 17.2. The minimum Gasteiger partial charge on any atom is -0.459 e. The fourth-order valence-corrected chi connectivity index (χ4v) is 4.34.